The number of carboxylic acid groups (broad SMARTS) is 1. The average Bonchev–Trinajstić information content (AvgIpc) is 2.85. The monoisotopic (exact) mass is 279 g/mol. The van der Waals surface area contributed by atoms with Crippen LogP contribution in [0.25, 0.3) is 0 Å². The Morgan fingerprint density at radius 2 is 2.35 bits per heavy atom. The second-order valence-electron chi connectivity index (χ2n) is 5.30. The van der Waals surface area contributed by atoms with Crippen LogP contribution in [0.1, 0.15) is 24.5 Å². The number of hydrogen-bond acceptors (Lipinski definition) is 4. The maximum atomic E-state index is 10.7. The molecule has 2 N–H and O–H groups in total. The Hall–Kier alpha value is -1.59. The van der Waals surface area contributed by atoms with Gasteiger partial charge in [0.2, 0.25) is 0 Å². The zero-order valence-electron chi connectivity index (χ0n) is 11.7. The van der Waals surface area contributed by atoms with Crippen molar-refractivity contribution in [3.63, 3.8) is 0 Å². The molecule has 1 aliphatic heterocycles. The van der Waals surface area contributed by atoms with Gasteiger partial charge in [-0.2, -0.15) is 0 Å². The Kier molecular flexibility index (Phi) is 4.98. The van der Waals surface area contributed by atoms with Gasteiger partial charge in [0.15, 0.2) is 0 Å². The minimum absolute atomic E-state index is 0.199. The number of methoxy groups -OCH3 is 1. The predicted molar refractivity (Wildman–Crippen MR) is 74.8 cm³/mol. The lowest BCUT2D eigenvalue weighted by molar-refractivity contribution is -0.138. The molecular formula is C15H21NO4. The fourth-order valence-corrected chi connectivity index (χ4v) is 2.69. The first-order chi connectivity index (χ1) is 9.58. The molecule has 1 fully saturated rings. The van der Waals surface area contributed by atoms with Gasteiger partial charge in [-0.1, -0.05) is 12.1 Å². The first-order valence-corrected chi connectivity index (χ1v) is 6.84. The zero-order chi connectivity index (χ0) is 14.5. The summed E-state index contributed by atoms with van der Waals surface area (Å²) in [6.45, 7) is 2.12. The van der Waals surface area contributed by atoms with Crippen LogP contribution in [0.15, 0.2) is 24.3 Å². The molecule has 1 aromatic carbocycles. The topological polar surface area (TPSA) is 70.0 Å². The Labute approximate surface area is 118 Å². The number of benzene rings is 1. The number of carboxylic acids is 1. The number of β-amino-alcohol motifs (C(OH)–C–C–N with tert-alkyl or cyclic N) is 1. The van der Waals surface area contributed by atoms with Gasteiger partial charge in [0.1, 0.15) is 5.75 Å². The van der Waals surface area contributed by atoms with Crippen LogP contribution in [0.2, 0.25) is 0 Å². The van der Waals surface area contributed by atoms with Crippen molar-refractivity contribution in [2.75, 3.05) is 26.7 Å². The minimum atomic E-state index is -0.745. The van der Waals surface area contributed by atoms with Crippen molar-refractivity contribution in [1.29, 1.82) is 0 Å². The second-order valence-corrected chi connectivity index (χ2v) is 5.30. The number of aliphatic hydroxyl groups excluding tert-OH is 1. The van der Waals surface area contributed by atoms with E-state index in [-0.39, 0.29) is 12.3 Å². The number of nitrogens with zero attached hydrogens (tertiary/aromatic N) is 1. The number of aliphatic carboxylic acids is 1. The molecule has 0 bridgehead atoms. The largest absolute Gasteiger partial charge is 0.497 e. The van der Waals surface area contributed by atoms with Crippen LogP contribution in [0.5, 0.6) is 5.75 Å². The standard InChI is InChI=1S/C15H21NO4/c1-20-13-4-2-3-12(8-13)14(17)10-16-6-5-11(9-16)7-15(18)19/h2-4,8,11,14,17H,5-7,9-10H2,1H3,(H,18,19). The maximum absolute atomic E-state index is 10.7. The van der Waals surface area contributed by atoms with E-state index in [1.807, 2.05) is 24.3 Å². The summed E-state index contributed by atoms with van der Waals surface area (Å²) < 4.78 is 5.15. The fraction of sp³-hybridized carbons (Fsp3) is 0.533. The Bertz CT molecular complexity index is 463. The highest BCUT2D eigenvalue weighted by Gasteiger charge is 2.26. The van der Waals surface area contributed by atoms with Gasteiger partial charge < -0.3 is 19.8 Å². The second kappa shape index (κ2) is 6.72. The fourth-order valence-electron chi connectivity index (χ4n) is 2.69. The summed E-state index contributed by atoms with van der Waals surface area (Å²) in [6, 6.07) is 7.40. The van der Waals surface area contributed by atoms with Crippen LogP contribution >= 0.6 is 0 Å². The van der Waals surface area contributed by atoms with E-state index < -0.39 is 12.1 Å². The molecule has 20 heavy (non-hydrogen) atoms. The Morgan fingerprint density at radius 1 is 1.55 bits per heavy atom. The molecule has 1 aliphatic rings. The molecule has 0 saturated carbocycles. The van der Waals surface area contributed by atoms with Crippen LogP contribution < -0.4 is 4.74 Å². The highest BCUT2D eigenvalue weighted by Crippen LogP contribution is 2.24. The van der Waals surface area contributed by atoms with Crippen molar-refractivity contribution in [3.05, 3.63) is 29.8 Å². The normalized spacial score (nSPS) is 20.8. The van der Waals surface area contributed by atoms with Gasteiger partial charge in [-0.05, 0) is 36.6 Å². The maximum Gasteiger partial charge on any atom is 0.303 e. The van der Waals surface area contributed by atoms with E-state index >= 15 is 0 Å². The van der Waals surface area contributed by atoms with E-state index in [9.17, 15) is 9.90 Å². The van der Waals surface area contributed by atoms with Crippen molar-refractivity contribution < 1.29 is 19.7 Å². The number of rotatable bonds is 6. The van der Waals surface area contributed by atoms with E-state index in [0.717, 1.165) is 30.8 Å². The average molecular weight is 279 g/mol. The Morgan fingerprint density at radius 3 is 3.05 bits per heavy atom. The molecule has 2 rings (SSSR count). The first kappa shape index (κ1) is 14.8. The highest BCUT2D eigenvalue weighted by atomic mass is 16.5. The summed E-state index contributed by atoms with van der Waals surface area (Å²) >= 11 is 0. The van der Waals surface area contributed by atoms with Crippen molar-refractivity contribution in [2.24, 2.45) is 5.92 Å². The van der Waals surface area contributed by atoms with Crippen molar-refractivity contribution in [3.8, 4) is 5.75 Å². The predicted octanol–water partition coefficient (Wildman–Crippen LogP) is 1.53. The highest BCUT2D eigenvalue weighted by molar-refractivity contribution is 5.67. The molecule has 5 nitrogen and oxygen atoms in total. The zero-order valence-corrected chi connectivity index (χ0v) is 11.7. The summed E-state index contributed by atoms with van der Waals surface area (Å²) in [5.41, 5.74) is 0.825. The molecule has 1 heterocycles. The number of ether oxygens (including phenoxy) is 1. The van der Waals surface area contributed by atoms with Crippen molar-refractivity contribution in [1.82, 2.24) is 4.90 Å². The van der Waals surface area contributed by atoms with Crippen LogP contribution in [-0.4, -0.2) is 47.8 Å². The molecule has 110 valence electrons. The number of likely N-dealkylation sites (tertiary alicyclic amines) is 1. The molecule has 0 amide bonds. The third-order valence-electron chi connectivity index (χ3n) is 3.74. The van der Waals surface area contributed by atoms with Crippen molar-refractivity contribution in [2.45, 2.75) is 18.9 Å². The molecule has 0 aromatic heterocycles. The molecule has 5 heteroatoms. The third-order valence-corrected chi connectivity index (χ3v) is 3.74. The Balaban J connectivity index is 1.88. The summed E-state index contributed by atoms with van der Waals surface area (Å²) in [6.07, 6.45) is 0.525. The third kappa shape index (κ3) is 3.95. The molecule has 2 atom stereocenters. The molecule has 1 saturated heterocycles. The lowest BCUT2D eigenvalue weighted by Crippen LogP contribution is -2.26. The van der Waals surface area contributed by atoms with E-state index in [1.54, 1.807) is 7.11 Å². The van der Waals surface area contributed by atoms with E-state index in [4.69, 9.17) is 9.84 Å². The van der Waals surface area contributed by atoms with Gasteiger partial charge in [-0.15, -0.1) is 0 Å². The molecule has 2 unspecified atom stereocenters. The lowest BCUT2D eigenvalue weighted by Gasteiger charge is -2.20. The van der Waals surface area contributed by atoms with Crippen molar-refractivity contribution >= 4 is 5.97 Å². The SMILES string of the molecule is COc1cccc(C(O)CN2CCC(CC(=O)O)C2)c1. The molecule has 1 aromatic rings. The number of carbonyl (C=O) groups is 1. The summed E-state index contributed by atoms with van der Waals surface area (Å²) in [7, 11) is 1.60. The van der Waals surface area contributed by atoms with Gasteiger partial charge in [0.05, 0.1) is 13.2 Å². The lowest BCUT2D eigenvalue weighted by atomic mass is 10.1. The summed E-state index contributed by atoms with van der Waals surface area (Å²) in [4.78, 5) is 12.8. The quantitative estimate of drug-likeness (QED) is 0.826. The van der Waals surface area contributed by atoms with Crippen LogP contribution in [0.4, 0.5) is 0 Å². The number of aliphatic hydroxyl groups is 1. The first-order valence-electron chi connectivity index (χ1n) is 6.84. The van der Waals surface area contributed by atoms with E-state index in [0.29, 0.717) is 6.54 Å². The van der Waals surface area contributed by atoms with Gasteiger partial charge in [-0.25, -0.2) is 0 Å². The van der Waals surface area contributed by atoms with Gasteiger partial charge >= 0.3 is 5.97 Å². The molecule has 0 radical (unpaired) electrons. The van der Waals surface area contributed by atoms with Gasteiger partial charge in [0.25, 0.3) is 0 Å². The minimum Gasteiger partial charge on any atom is -0.497 e. The van der Waals surface area contributed by atoms with Gasteiger partial charge in [0, 0.05) is 19.5 Å². The van der Waals surface area contributed by atoms with E-state index in [2.05, 4.69) is 4.90 Å². The molecular weight excluding hydrogens is 258 g/mol. The van der Waals surface area contributed by atoms with Crippen LogP contribution in [-0.2, 0) is 4.79 Å². The molecule has 0 aliphatic carbocycles. The number of hydrogen-bond donors (Lipinski definition) is 2. The van der Waals surface area contributed by atoms with Crippen LogP contribution in [0, 0.1) is 5.92 Å². The summed E-state index contributed by atoms with van der Waals surface area (Å²) in [5.74, 6) is 0.182. The smallest absolute Gasteiger partial charge is 0.303 e. The summed E-state index contributed by atoms with van der Waals surface area (Å²) in [5, 5.41) is 19.1. The molecule has 0 spiro atoms. The van der Waals surface area contributed by atoms with E-state index in [1.165, 1.54) is 0 Å². The van der Waals surface area contributed by atoms with Crippen LogP contribution in [0.3, 0.4) is 0 Å². The van der Waals surface area contributed by atoms with Gasteiger partial charge in [-0.3, -0.25) is 4.79 Å².